The van der Waals surface area contributed by atoms with Gasteiger partial charge in [-0.1, -0.05) is 82.3 Å². The molecule has 0 saturated heterocycles. The average Bonchev–Trinajstić information content (AvgIpc) is 2.82. The van der Waals surface area contributed by atoms with Gasteiger partial charge in [-0.05, 0) is 34.5 Å². The Labute approximate surface area is 180 Å². The van der Waals surface area contributed by atoms with Crippen LogP contribution in [0, 0.1) is 0 Å². The van der Waals surface area contributed by atoms with Crippen molar-refractivity contribution in [2.24, 2.45) is 5.73 Å². The van der Waals surface area contributed by atoms with Crippen LogP contribution in [0.2, 0.25) is 0 Å². The van der Waals surface area contributed by atoms with Gasteiger partial charge in [0.1, 0.15) is 6.61 Å². The van der Waals surface area contributed by atoms with Gasteiger partial charge in [-0.3, -0.25) is 5.32 Å². The number of carbonyl (C=O) groups excluding carboxylic acids is 1. The Kier molecular flexibility index (Phi) is 12.6. The number of fused-ring (bicyclic) bond motifs is 1. The SMILES string of the molecule is CC.CC.NCC(COC(=O)Nc1ccccc1)NCc1ccc2ccccc2c1. The third-order valence-corrected chi connectivity index (χ3v) is 4.13. The van der Waals surface area contributed by atoms with Gasteiger partial charge in [-0.2, -0.15) is 0 Å². The number of hydrogen-bond acceptors (Lipinski definition) is 4. The lowest BCUT2D eigenvalue weighted by molar-refractivity contribution is 0.148. The summed E-state index contributed by atoms with van der Waals surface area (Å²) in [5.74, 6) is 0. The van der Waals surface area contributed by atoms with Crippen LogP contribution < -0.4 is 16.4 Å². The number of nitrogens with two attached hydrogens (primary N) is 1. The highest BCUT2D eigenvalue weighted by Crippen LogP contribution is 2.15. The van der Waals surface area contributed by atoms with Crippen LogP contribution >= 0.6 is 0 Å². The maximum atomic E-state index is 11.9. The first kappa shape index (κ1) is 25.1. The van der Waals surface area contributed by atoms with Gasteiger partial charge in [0.2, 0.25) is 0 Å². The van der Waals surface area contributed by atoms with Gasteiger partial charge in [0.05, 0.1) is 6.04 Å². The molecule has 3 aromatic carbocycles. The van der Waals surface area contributed by atoms with Crippen molar-refractivity contribution in [3.63, 3.8) is 0 Å². The zero-order valence-electron chi connectivity index (χ0n) is 18.5. The molecule has 30 heavy (non-hydrogen) atoms. The molecule has 1 unspecified atom stereocenters. The summed E-state index contributed by atoms with van der Waals surface area (Å²) in [6, 6.07) is 23.7. The Morgan fingerprint density at radius 2 is 1.53 bits per heavy atom. The molecule has 0 heterocycles. The monoisotopic (exact) mass is 409 g/mol. The van der Waals surface area contributed by atoms with E-state index in [0.717, 1.165) is 5.56 Å². The molecule has 162 valence electrons. The molecule has 0 aliphatic rings. The number of anilines is 1. The minimum atomic E-state index is -0.484. The van der Waals surface area contributed by atoms with Gasteiger partial charge in [-0.15, -0.1) is 0 Å². The molecule has 1 amide bonds. The van der Waals surface area contributed by atoms with E-state index in [1.165, 1.54) is 10.8 Å². The van der Waals surface area contributed by atoms with Crippen LogP contribution in [-0.4, -0.2) is 25.3 Å². The number of para-hydroxylation sites is 1. The topological polar surface area (TPSA) is 76.4 Å². The number of rotatable bonds is 7. The molecule has 5 nitrogen and oxygen atoms in total. The summed E-state index contributed by atoms with van der Waals surface area (Å²) in [5, 5.41) is 8.44. The Bertz CT molecular complexity index is 853. The Hall–Kier alpha value is -2.89. The maximum Gasteiger partial charge on any atom is 0.411 e. The molecule has 3 rings (SSSR count). The second kappa shape index (κ2) is 15.0. The van der Waals surface area contributed by atoms with Crippen molar-refractivity contribution in [2.45, 2.75) is 40.3 Å². The first-order valence-corrected chi connectivity index (χ1v) is 10.6. The van der Waals surface area contributed by atoms with Crippen LogP contribution in [0.25, 0.3) is 10.8 Å². The normalized spacial score (nSPS) is 10.7. The lowest BCUT2D eigenvalue weighted by atomic mass is 10.1. The summed E-state index contributed by atoms with van der Waals surface area (Å²) >= 11 is 0. The Morgan fingerprint density at radius 3 is 2.20 bits per heavy atom. The number of ether oxygens (including phenoxy) is 1. The van der Waals surface area contributed by atoms with Gasteiger partial charge < -0.3 is 15.8 Å². The minimum absolute atomic E-state index is 0.108. The highest BCUT2D eigenvalue weighted by Gasteiger charge is 2.10. The van der Waals surface area contributed by atoms with E-state index in [1.54, 1.807) is 12.1 Å². The lowest BCUT2D eigenvalue weighted by Crippen LogP contribution is -2.40. The van der Waals surface area contributed by atoms with E-state index >= 15 is 0 Å². The van der Waals surface area contributed by atoms with E-state index in [0.29, 0.717) is 18.8 Å². The number of benzene rings is 3. The second-order valence-electron chi connectivity index (χ2n) is 6.08. The van der Waals surface area contributed by atoms with Crippen molar-refractivity contribution in [1.29, 1.82) is 0 Å². The van der Waals surface area contributed by atoms with E-state index in [9.17, 15) is 4.79 Å². The van der Waals surface area contributed by atoms with E-state index in [1.807, 2.05) is 58.0 Å². The van der Waals surface area contributed by atoms with Crippen molar-refractivity contribution in [1.82, 2.24) is 5.32 Å². The van der Waals surface area contributed by atoms with Crippen LogP contribution in [0.5, 0.6) is 0 Å². The average molecular weight is 410 g/mol. The summed E-state index contributed by atoms with van der Waals surface area (Å²) in [5.41, 5.74) is 7.65. The zero-order chi connectivity index (χ0) is 22.2. The van der Waals surface area contributed by atoms with Crippen molar-refractivity contribution in [2.75, 3.05) is 18.5 Å². The summed E-state index contributed by atoms with van der Waals surface area (Å²) in [7, 11) is 0. The summed E-state index contributed by atoms with van der Waals surface area (Å²) in [4.78, 5) is 11.9. The van der Waals surface area contributed by atoms with Crippen molar-refractivity contribution in [3.05, 3.63) is 78.4 Å². The van der Waals surface area contributed by atoms with Crippen LogP contribution in [-0.2, 0) is 11.3 Å². The summed E-state index contributed by atoms with van der Waals surface area (Å²) < 4.78 is 5.27. The lowest BCUT2D eigenvalue weighted by Gasteiger charge is -2.17. The predicted octanol–water partition coefficient (Wildman–Crippen LogP) is 5.56. The number of amides is 1. The molecule has 0 radical (unpaired) electrons. The highest BCUT2D eigenvalue weighted by atomic mass is 16.5. The zero-order valence-corrected chi connectivity index (χ0v) is 18.5. The molecule has 0 aliphatic heterocycles. The second-order valence-corrected chi connectivity index (χ2v) is 6.08. The fraction of sp³-hybridized carbons (Fsp3) is 0.320. The molecule has 3 aromatic rings. The molecule has 1 atom stereocenters. The molecule has 0 fully saturated rings. The van der Waals surface area contributed by atoms with Gasteiger partial charge in [0.15, 0.2) is 0 Å². The van der Waals surface area contributed by atoms with Crippen LogP contribution in [0.3, 0.4) is 0 Å². The van der Waals surface area contributed by atoms with Gasteiger partial charge in [0, 0.05) is 18.8 Å². The third kappa shape index (κ3) is 8.64. The number of carbonyl (C=O) groups is 1. The fourth-order valence-electron chi connectivity index (χ4n) is 2.67. The fourth-order valence-corrected chi connectivity index (χ4v) is 2.67. The van der Waals surface area contributed by atoms with Crippen molar-refractivity contribution >= 4 is 22.6 Å². The van der Waals surface area contributed by atoms with E-state index in [-0.39, 0.29) is 12.6 Å². The molecule has 5 heteroatoms. The molecule has 0 aromatic heterocycles. The first-order valence-electron chi connectivity index (χ1n) is 10.6. The van der Waals surface area contributed by atoms with Gasteiger partial charge in [-0.25, -0.2) is 4.79 Å². The van der Waals surface area contributed by atoms with Crippen LogP contribution in [0.1, 0.15) is 33.3 Å². The molecule has 0 saturated carbocycles. The van der Waals surface area contributed by atoms with Crippen molar-refractivity contribution < 1.29 is 9.53 Å². The smallest absolute Gasteiger partial charge is 0.411 e. The number of nitrogens with one attached hydrogen (secondary N) is 2. The summed E-state index contributed by atoms with van der Waals surface area (Å²) in [6.45, 7) is 9.26. The molecule has 0 spiro atoms. The molecular weight excluding hydrogens is 374 g/mol. The minimum Gasteiger partial charge on any atom is -0.448 e. The highest BCUT2D eigenvalue weighted by molar-refractivity contribution is 5.84. The summed E-state index contributed by atoms with van der Waals surface area (Å²) in [6.07, 6.45) is -0.484. The molecular formula is C25H35N3O2. The van der Waals surface area contributed by atoms with Crippen molar-refractivity contribution in [3.8, 4) is 0 Å². The first-order chi connectivity index (χ1) is 14.7. The predicted molar refractivity (Wildman–Crippen MR) is 128 cm³/mol. The van der Waals surface area contributed by atoms with Crippen LogP contribution in [0.15, 0.2) is 72.8 Å². The van der Waals surface area contributed by atoms with E-state index in [2.05, 4.69) is 41.0 Å². The third-order valence-electron chi connectivity index (χ3n) is 4.13. The maximum absolute atomic E-state index is 11.9. The quantitative estimate of drug-likeness (QED) is 0.478. The van der Waals surface area contributed by atoms with Gasteiger partial charge >= 0.3 is 6.09 Å². The van der Waals surface area contributed by atoms with Gasteiger partial charge in [0.25, 0.3) is 0 Å². The molecule has 4 N–H and O–H groups in total. The van der Waals surface area contributed by atoms with Crippen LogP contribution in [0.4, 0.5) is 10.5 Å². The van der Waals surface area contributed by atoms with E-state index in [4.69, 9.17) is 10.5 Å². The molecule has 0 aliphatic carbocycles. The number of hydrogen-bond donors (Lipinski definition) is 3. The van der Waals surface area contributed by atoms with E-state index < -0.39 is 6.09 Å². The Balaban J connectivity index is 0.00000106. The largest absolute Gasteiger partial charge is 0.448 e. The molecule has 0 bridgehead atoms. The Morgan fingerprint density at radius 1 is 0.900 bits per heavy atom. The standard InChI is InChI=1S/C21H23N3O2.2C2H6/c22-13-20(15-26-21(25)24-19-8-2-1-3-9-19)23-14-16-10-11-17-6-4-5-7-18(17)12-16;2*1-2/h1-12,20,23H,13-15,22H2,(H,24,25);2*1-2H3.